The first-order valence-corrected chi connectivity index (χ1v) is 8.53. The predicted molar refractivity (Wildman–Crippen MR) is 93.4 cm³/mol. The van der Waals surface area contributed by atoms with E-state index in [2.05, 4.69) is 11.4 Å². The Hall–Kier alpha value is -1.94. The van der Waals surface area contributed by atoms with Gasteiger partial charge in [0.2, 0.25) is 0 Å². The van der Waals surface area contributed by atoms with Gasteiger partial charge < -0.3 is 11.1 Å². The Labute approximate surface area is 135 Å². The zero-order chi connectivity index (χ0) is 15.4. The molecule has 0 radical (unpaired) electrons. The summed E-state index contributed by atoms with van der Waals surface area (Å²) in [6.07, 6.45) is 5.16. The zero-order valence-corrected chi connectivity index (χ0v) is 13.2. The minimum atomic E-state index is -0.119. The van der Waals surface area contributed by atoms with Gasteiger partial charge in [0.1, 0.15) is 0 Å². The highest BCUT2D eigenvalue weighted by Crippen LogP contribution is 2.38. The monoisotopic (exact) mass is 312 g/mol. The van der Waals surface area contributed by atoms with Crippen molar-refractivity contribution in [1.29, 1.82) is 0 Å². The van der Waals surface area contributed by atoms with Gasteiger partial charge in [-0.2, -0.15) is 0 Å². The second-order valence-corrected chi connectivity index (χ2v) is 6.94. The molecule has 0 saturated heterocycles. The summed E-state index contributed by atoms with van der Waals surface area (Å²) in [4.78, 5) is 13.5. The highest BCUT2D eigenvalue weighted by Gasteiger charge is 2.18. The number of nitrogens with two attached hydrogens (primary N) is 1. The van der Waals surface area contributed by atoms with E-state index in [-0.39, 0.29) is 5.91 Å². The van der Waals surface area contributed by atoms with Crippen LogP contribution in [-0.4, -0.2) is 11.2 Å². The molecule has 0 aromatic heterocycles. The van der Waals surface area contributed by atoms with E-state index in [1.807, 2.05) is 30.0 Å². The van der Waals surface area contributed by atoms with E-state index in [1.54, 1.807) is 24.3 Å². The van der Waals surface area contributed by atoms with Crippen LogP contribution >= 0.6 is 11.8 Å². The van der Waals surface area contributed by atoms with Crippen LogP contribution < -0.4 is 11.1 Å². The fourth-order valence-corrected chi connectivity index (χ4v) is 4.06. The molecule has 0 unspecified atom stereocenters. The topological polar surface area (TPSA) is 55.1 Å². The predicted octanol–water partition coefficient (Wildman–Crippen LogP) is 4.56. The van der Waals surface area contributed by atoms with Crippen LogP contribution in [-0.2, 0) is 0 Å². The SMILES string of the molecule is Nc1cccc(C(=O)Nc2ccccc2SC2CCCC2)c1. The van der Waals surface area contributed by atoms with Gasteiger partial charge in [0.25, 0.3) is 5.91 Å². The van der Waals surface area contributed by atoms with Crippen LogP contribution in [0, 0.1) is 0 Å². The molecule has 3 rings (SSSR count). The van der Waals surface area contributed by atoms with Crippen LogP contribution in [0.25, 0.3) is 0 Å². The molecule has 114 valence electrons. The Morgan fingerprint density at radius 1 is 1.09 bits per heavy atom. The van der Waals surface area contributed by atoms with E-state index in [9.17, 15) is 4.79 Å². The Balaban J connectivity index is 1.75. The molecule has 1 aliphatic rings. The lowest BCUT2D eigenvalue weighted by Crippen LogP contribution is -2.13. The summed E-state index contributed by atoms with van der Waals surface area (Å²) in [5, 5.41) is 3.68. The van der Waals surface area contributed by atoms with E-state index in [1.165, 1.54) is 25.7 Å². The number of carbonyl (C=O) groups is 1. The largest absolute Gasteiger partial charge is 0.399 e. The number of nitrogens with one attached hydrogen (secondary N) is 1. The number of anilines is 2. The molecule has 0 heterocycles. The van der Waals surface area contributed by atoms with E-state index >= 15 is 0 Å². The first-order chi connectivity index (χ1) is 10.7. The second-order valence-electron chi connectivity index (χ2n) is 5.60. The van der Waals surface area contributed by atoms with Crippen molar-refractivity contribution in [1.82, 2.24) is 0 Å². The van der Waals surface area contributed by atoms with Crippen molar-refractivity contribution < 1.29 is 4.79 Å². The summed E-state index contributed by atoms with van der Waals surface area (Å²) in [5.41, 5.74) is 7.81. The lowest BCUT2D eigenvalue weighted by Gasteiger charge is -2.14. The van der Waals surface area contributed by atoms with Gasteiger partial charge in [-0.25, -0.2) is 0 Å². The number of rotatable bonds is 4. The molecular formula is C18H20N2OS. The Morgan fingerprint density at radius 3 is 2.64 bits per heavy atom. The maximum Gasteiger partial charge on any atom is 0.255 e. The van der Waals surface area contributed by atoms with Crippen LogP contribution in [0.4, 0.5) is 11.4 Å². The maximum atomic E-state index is 12.4. The number of hydrogen-bond acceptors (Lipinski definition) is 3. The number of nitrogen functional groups attached to an aromatic ring is 1. The number of carbonyl (C=O) groups excluding carboxylic acids is 1. The number of para-hydroxylation sites is 1. The van der Waals surface area contributed by atoms with Crippen LogP contribution in [0.5, 0.6) is 0 Å². The third-order valence-electron chi connectivity index (χ3n) is 3.88. The first kappa shape index (κ1) is 15.0. The highest BCUT2D eigenvalue weighted by atomic mass is 32.2. The van der Waals surface area contributed by atoms with E-state index in [4.69, 9.17) is 5.73 Å². The third kappa shape index (κ3) is 3.63. The molecule has 2 aromatic rings. The molecule has 1 amide bonds. The zero-order valence-electron chi connectivity index (χ0n) is 12.4. The lowest BCUT2D eigenvalue weighted by atomic mass is 10.2. The summed E-state index contributed by atoms with van der Waals surface area (Å²) in [6.45, 7) is 0. The molecule has 0 aliphatic heterocycles. The van der Waals surface area contributed by atoms with Gasteiger partial charge in [0, 0.05) is 21.4 Å². The van der Waals surface area contributed by atoms with Gasteiger partial charge in [-0.05, 0) is 43.2 Å². The van der Waals surface area contributed by atoms with Gasteiger partial charge >= 0.3 is 0 Å². The summed E-state index contributed by atoms with van der Waals surface area (Å²) in [5.74, 6) is -0.119. The van der Waals surface area contributed by atoms with Crippen LogP contribution in [0.1, 0.15) is 36.0 Å². The summed E-state index contributed by atoms with van der Waals surface area (Å²) in [6, 6.07) is 15.1. The number of amides is 1. The van der Waals surface area contributed by atoms with Crippen molar-refractivity contribution in [2.75, 3.05) is 11.1 Å². The molecule has 0 atom stereocenters. The normalized spacial score (nSPS) is 14.9. The van der Waals surface area contributed by atoms with Crippen molar-refractivity contribution >= 4 is 29.0 Å². The van der Waals surface area contributed by atoms with E-state index in [0.29, 0.717) is 16.5 Å². The maximum absolute atomic E-state index is 12.4. The van der Waals surface area contributed by atoms with Crippen molar-refractivity contribution in [3.05, 3.63) is 54.1 Å². The van der Waals surface area contributed by atoms with Crippen LogP contribution in [0.15, 0.2) is 53.4 Å². The molecule has 1 aliphatic carbocycles. The van der Waals surface area contributed by atoms with Crippen LogP contribution in [0.3, 0.4) is 0 Å². The van der Waals surface area contributed by atoms with Gasteiger partial charge in [-0.15, -0.1) is 11.8 Å². The molecule has 3 nitrogen and oxygen atoms in total. The number of benzene rings is 2. The molecule has 0 bridgehead atoms. The van der Waals surface area contributed by atoms with Crippen LogP contribution in [0.2, 0.25) is 0 Å². The van der Waals surface area contributed by atoms with Gasteiger partial charge in [-0.1, -0.05) is 31.0 Å². The Bertz CT molecular complexity index is 666. The van der Waals surface area contributed by atoms with Crippen molar-refractivity contribution in [3.63, 3.8) is 0 Å². The average Bonchev–Trinajstić information content (AvgIpc) is 3.02. The Morgan fingerprint density at radius 2 is 1.86 bits per heavy atom. The molecule has 3 N–H and O–H groups in total. The quantitative estimate of drug-likeness (QED) is 0.814. The summed E-state index contributed by atoms with van der Waals surface area (Å²) < 4.78 is 0. The molecule has 22 heavy (non-hydrogen) atoms. The average molecular weight is 312 g/mol. The number of thioether (sulfide) groups is 1. The van der Waals surface area contributed by atoms with Crippen molar-refractivity contribution in [2.24, 2.45) is 0 Å². The minimum absolute atomic E-state index is 0.119. The summed E-state index contributed by atoms with van der Waals surface area (Å²) >= 11 is 1.88. The number of hydrogen-bond donors (Lipinski definition) is 2. The lowest BCUT2D eigenvalue weighted by molar-refractivity contribution is 0.102. The van der Waals surface area contributed by atoms with Crippen molar-refractivity contribution in [3.8, 4) is 0 Å². The van der Waals surface area contributed by atoms with Gasteiger partial charge in [0.05, 0.1) is 5.69 Å². The first-order valence-electron chi connectivity index (χ1n) is 7.65. The smallest absolute Gasteiger partial charge is 0.255 e. The highest BCUT2D eigenvalue weighted by molar-refractivity contribution is 8.00. The third-order valence-corrected chi connectivity index (χ3v) is 5.29. The van der Waals surface area contributed by atoms with Gasteiger partial charge in [-0.3, -0.25) is 4.79 Å². The Kier molecular flexibility index (Phi) is 4.68. The molecule has 1 saturated carbocycles. The molecule has 0 spiro atoms. The van der Waals surface area contributed by atoms with Gasteiger partial charge in [0.15, 0.2) is 0 Å². The molecule has 1 fully saturated rings. The van der Waals surface area contributed by atoms with Crippen molar-refractivity contribution in [2.45, 2.75) is 35.8 Å². The molecular weight excluding hydrogens is 292 g/mol. The van der Waals surface area contributed by atoms with E-state index in [0.717, 1.165) is 10.6 Å². The fourth-order valence-electron chi connectivity index (χ4n) is 2.73. The fraction of sp³-hybridized carbons (Fsp3) is 0.278. The van der Waals surface area contributed by atoms with E-state index < -0.39 is 0 Å². The molecule has 2 aromatic carbocycles. The second kappa shape index (κ2) is 6.88. The molecule has 4 heteroatoms. The summed E-state index contributed by atoms with van der Waals surface area (Å²) in [7, 11) is 0. The standard InChI is InChI=1S/C18H20N2OS/c19-14-7-5-6-13(12-14)18(21)20-16-10-3-4-11-17(16)22-15-8-1-2-9-15/h3-7,10-12,15H,1-2,8-9,19H2,(H,20,21). The minimum Gasteiger partial charge on any atom is -0.399 e.